The molecule has 1 aromatic rings. The zero-order chi connectivity index (χ0) is 14.5. The molecule has 0 N–H and O–H groups in total. The van der Waals surface area contributed by atoms with Gasteiger partial charge in [-0.2, -0.15) is 0 Å². The van der Waals surface area contributed by atoms with Crippen molar-refractivity contribution in [3.63, 3.8) is 0 Å². The molecule has 0 amide bonds. The van der Waals surface area contributed by atoms with Gasteiger partial charge in [0.25, 0.3) is 6.43 Å². The van der Waals surface area contributed by atoms with E-state index in [1.165, 1.54) is 0 Å². The number of rotatable bonds is 6. The Morgan fingerprint density at radius 2 is 2.35 bits per heavy atom. The van der Waals surface area contributed by atoms with Crippen LogP contribution in [0.3, 0.4) is 0 Å². The maximum atomic E-state index is 12.8. The molecule has 1 aromatic heterocycles. The monoisotopic (exact) mass is 289 g/mol. The van der Waals surface area contributed by atoms with Crippen molar-refractivity contribution in [1.29, 1.82) is 0 Å². The van der Waals surface area contributed by atoms with Gasteiger partial charge in [-0.25, -0.2) is 18.6 Å². The third kappa shape index (κ3) is 3.53. The molecule has 1 aliphatic rings. The molecule has 5 nitrogen and oxygen atoms in total. The Kier molecular flexibility index (Phi) is 5.05. The number of aryl methyl sites for hydroxylation is 1. The van der Waals surface area contributed by atoms with Crippen LogP contribution in [-0.4, -0.2) is 30.3 Å². The number of carbonyl (C=O) groups is 1. The third-order valence-electron chi connectivity index (χ3n) is 3.07. The van der Waals surface area contributed by atoms with Crippen molar-refractivity contribution in [2.24, 2.45) is 0 Å². The summed E-state index contributed by atoms with van der Waals surface area (Å²) in [5, 5.41) is 0. The summed E-state index contributed by atoms with van der Waals surface area (Å²) in [6.07, 6.45) is 0.215. The Morgan fingerprint density at radius 3 is 2.95 bits per heavy atom. The van der Waals surface area contributed by atoms with E-state index in [1.54, 1.807) is 6.92 Å². The summed E-state index contributed by atoms with van der Waals surface area (Å²) in [5.74, 6) is -1.28. The molecule has 112 valence electrons. The lowest BCUT2D eigenvalue weighted by atomic mass is 10.1. The van der Waals surface area contributed by atoms with Crippen LogP contribution in [0.15, 0.2) is 4.42 Å². The molecule has 1 aliphatic heterocycles. The van der Waals surface area contributed by atoms with Crippen LogP contribution in [0, 0.1) is 0 Å². The summed E-state index contributed by atoms with van der Waals surface area (Å²) in [4.78, 5) is 15.2. The molecular weight excluding hydrogens is 272 g/mol. The Labute approximate surface area is 115 Å². The van der Waals surface area contributed by atoms with Gasteiger partial charge >= 0.3 is 5.97 Å². The summed E-state index contributed by atoms with van der Waals surface area (Å²) in [7, 11) is 0. The molecule has 1 atom stereocenters. The van der Waals surface area contributed by atoms with Gasteiger partial charge in [-0.1, -0.05) is 0 Å². The van der Waals surface area contributed by atoms with Gasteiger partial charge in [0.2, 0.25) is 5.76 Å². The Morgan fingerprint density at radius 1 is 1.55 bits per heavy atom. The fraction of sp³-hybridized carbons (Fsp3) is 0.692. The Bertz CT molecular complexity index is 455. The van der Waals surface area contributed by atoms with E-state index in [2.05, 4.69) is 9.72 Å². The highest BCUT2D eigenvalue weighted by atomic mass is 19.3. The van der Waals surface area contributed by atoms with E-state index in [1.807, 2.05) is 0 Å². The molecule has 2 heterocycles. The third-order valence-corrected chi connectivity index (χ3v) is 3.07. The van der Waals surface area contributed by atoms with Gasteiger partial charge in [0.05, 0.1) is 12.7 Å². The van der Waals surface area contributed by atoms with Crippen LogP contribution < -0.4 is 0 Å². The zero-order valence-corrected chi connectivity index (χ0v) is 11.2. The number of nitrogens with zero attached hydrogens (tertiary/aromatic N) is 1. The molecule has 0 spiro atoms. The fourth-order valence-electron chi connectivity index (χ4n) is 2.13. The fourth-order valence-corrected chi connectivity index (χ4v) is 2.13. The molecule has 0 bridgehead atoms. The van der Waals surface area contributed by atoms with Crippen molar-refractivity contribution in [1.82, 2.24) is 4.98 Å². The number of esters is 1. The molecule has 1 unspecified atom stereocenters. The second kappa shape index (κ2) is 6.78. The first kappa shape index (κ1) is 14.9. The van der Waals surface area contributed by atoms with E-state index in [4.69, 9.17) is 9.15 Å². The molecular formula is C13H17F2NO4. The average Bonchev–Trinajstić information content (AvgIpc) is 3.06. The lowest BCUT2D eigenvalue weighted by Crippen LogP contribution is -2.06. The summed E-state index contributed by atoms with van der Waals surface area (Å²) >= 11 is 0. The summed E-state index contributed by atoms with van der Waals surface area (Å²) < 4.78 is 40.9. The second-order valence-corrected chi connectivity index (χ2v) is 4.52. The summed E-state index contributed by atoms with van der Waals surface area (Å²) in [5.41, 5.74) is -0.647. The molecule has 0 aromatic carbocycles. The van der Waals surface area contributed by atoms with Gasteiger partial charge in [-0.05, 0) is 26.2 Å². The maximum absolute atomic E-state index is 12.8. The number of ether oxygens (including phenoxy) is 2. The van der Waals surface area contributed by atoms with E-state index in [0.29, 0.717) is 12.8 Å². The predicted octanol–water partition coefficient (Wildman–Crippen LogP) is 2.90. The van der Waals surface area contributed by atoms with Crippen molar-refractivity contribution in [3.05, 3.63) is 17.3 Å². The van der Waals surface area contributed by atoms with Gasteiger partial charge in [-0.3, -0.25) is 0 Å². The number of oxazole rings is 1. The lowest BCUT2D eigenvalue weighted by molar-refractivity contribution is 0.0473. The van der Waals surface area contributed by atoms with E-state index >= 15 is 0 Å². The van der Waals surface area contributed by atoms with E-state index < -0.39 is 23.8 Å². The number of alkyl halides is 2. The Hall–Kier alpha value is -1.50. The van der Waals surface area contributed by atoms with Crippen molar-refractivity contribution in [2.75, 3.05) is 13.2 Å². The molecule has 1 saturated heterocycles. The minimum absolute atomic E-state index is 0.0907. The van der Waals surface area contributed by atoms with Crippen LogP contribution in [0.4, 0.5) is 8.78 Å². The number of hydrogen-bond acceptors (Lipinski definition) is 5. The molecule has 0 radical (unpaired) electrons. The zero-order valence-electron chi connectivity index (χ0n) is 11.2. The maximum Gasteiger partial charge on any atom is 0.376 e. The molecule has 1 fully saturated rings. The first-order valence-electron chi connectivity index (χ1n) is 6.68. The van der Waals surface area contributed by atoms with E-state index in [9.17, 15) is 13.6 Å². The molecule has 2 rings (SSSR count). The standard InChI is InChI=1S/C13H17F2NO4/c1-2-18-13(17)11-10(12(14)15)16-9(20-11)6-5-8-4-3-7-19-8/h8,12H,2-7H2,1H3. The van der Waals surface area contributed by atoms with Crippen molar-refractivity contribution in [3.8, 4) is 0 Å². The quantitative estimate of drug-likeness (QED) is 0.753. The number of carbonyl (C=O) groups excluding carboxylic acids is 1. The van der Waals surface area contributed by atoms with Gasteiger partial charge in [0, 0.05) is 13.0 Å². The van der Waals surface area contributed by atoms with E-state index in [0.717, 1.165) is 19.4 Å². The van der Waals surface area contributed by atoms with Gasteiger partial charge in [0.15, 0.2) is 11.6 Å². The van der Waals surface area contributed by atoms with E-state index in [-0.39, 0.29) is 18.6 Å². The van der Waals surface area contributed by atoms with Gasteiger partial charge < -0.3 is 13.9 Å². The number of hydrogen-bond donors (Lipinski definition) is 0. The summed E-state index contributed by atoms with van der Waals surface area (Å²) in [6, 6.07) is 0. The van der Waals surface area contributed by atoms with Crippen LogP contribution in [0.5, 0.6) is 0 Å². The highest BCUT2D eigenvalue weighted by Crippen LogP contribution is 2.25. The molecule has 0 aliphatic carbocycles. The molecule has 0 saturated carbocycles. The highest BCUT2D eigenvalue weighted by Gasteiger charge is 2.28. The number of aromatic nitrogens is 1. The normalized spacial score (nSPS) is 18.7. The highest BCUT2D eigenvalue weighted by molar-refractivity contribution is 5.87. The minimum Gasteiger partial charge on any atom is -0.460 e. The van der Waals surface area contributed by atoms with Crippen LogP contribution in [0.2, 0.25) is 0 Å². The SMILES string of the molecule is CCOC(=O)c1oc(CCC2CCCO2)nc1C(F)F. The van der Waals surface area contributed by atoms with Crippen LogP contribution in [0.25, 0.3) is 0 Å². The summed E-state index contributed by atoms with van der Waals surface area (Å²) in [6.45, 7) is 2.41. The largest absolute Gasteiger partial charge is 0.460 e. The smallest absolute Gasteiger partial charge is 0.376 e. The van der Waals surface area contributed by atoms with Crippen LogP contribution in [0.1, 0.15) is 54.8 Å². The van der Waals surface area contributed by atoms with Crippen molar-refractivity contribution < 1.29 is 27.5 Å². The average molecular weight is 289 g/mol. The van der Waals surface area contributed by atoms with Gasteiger partial charge in [-0.15, -0.1) is 0 Å². The predicted molar refractivity (Wildman–Crippen MR) is 64.7 cm³/mol. The second-order valence-electron chi connectivity index (χ2n) is 4.52. The van der Waals surface area contributed by atoms with Gasteiger partial charge in [0.1, 0.15) is 0 Å². The first-order chi connectivity index (χ1) is 9.61. The molecule has 20 heavy (non-hydrogen) atoms. The van der Waals surface area contributed by atoms with Crippen molar-refractivity contribution in [2.45, 2.75) is 45.1 Å². The number of halogens is 2. The lowest BCUT2D eigenvalue weighted by Gasteiger charge is -2.06. The first-order valence-corrected chi connectivity index (χ1v) is 6.68. The van der Waals surface area contributed by atoms with Crippen LogP contribution >= 0.6 is 0 Å². The topological polar surface area (TPSA) is 61.6 Å². The van der Waals surface area contributed by atoms with Crippen LogP contribution in [-0.2, 0) is 15.9 Å². The van der Waals surface area contributed by atoms with Crippen molar-refractivity contribution >= 4 is 5.97 Å². The minimum atomic E-state index is -2.87. The Balaban J connectivity index is 2.05. The molecule has 7 heteroatoms.